The minimum absolute atomic E-state index is 0. The van der Waals surface area contributed by atoms with Crippen LogP contribution in [0.4, 0.5) is 0 Å². The Bertz CT molecular complexity index is 1200. The summed E-state index contributed by atoms with van der Waals surface area (Å²) >= 11 is 0. The molecular formula is C25H24N4O2. The largest absolute Gasteiger partial charge is 0.338 e. The quantitative estimate of drug-likeness (QED) is 0.651. The molecule has 0 aliphatic heterocycles. The molecule has 1 aromatic heterocycles. The average Bonchev–Trinajstić information content (AvgIpc) is 3.23. The average molecular weight is 412 g/mol. The van der Waals surface area contributed by atoms with Crippen molar-refractivity contribution >= 4 is 11.6 Å². The summed E-state index contributed by atoms with van der Waals surface area (Å²) in [6.45, 7) is 5.70. The Kier molecular flexibility index (Phi) is 5.13. The lowest BCUT2D eigenvalue weighted by atomic mass is 9.45. The second-order valence-corrected chi connectivity index (χ2v) is 8.85. The first kappa shape index (κ1) is 22.0. The normalized spacial score (nSPS) is 30.5. The highest BCUT2D eigenvalue weighted by atomic mass is 16.1. The van der Waals surface area contributed by atoms with E-state index in [1.807, 2.05) is 32.9 Å². The number of fused-ring (bicyclic) bond motifs is 3. The van der Waals surface area contributed by atoms with Gasteiger partial charge in [-0.25, -0.2) is 4.98 Å². The molecule has 0 radical (unpaired) electrons. The number of hydrogen-bond acceptors (Lipinski definition) is 5. The Labute approximate surface area is 182 Å². The number of hydrogen-bond donors (Lipinski definition) is 1. The minimum Gasteiger partial charge on any atom is -0.338 e. The number of allylic oxidation sites excluding steroid dienone is 6. The van der Waals surface area contributed by atoms with Crippen LogP contribution in [0.2, 0.25) is 0 Å². The third-order valence-electron chi connectivity index (χ3n) is 6.83. The molecule has 1 saturated carbocycles. The number of ketones is 2. The number of aromatic nitrogens is 2. The van der Waals surface area contributed by atoms with E-state index in [1.54, 1.807) is 24.5 Å². The molecule has 31 heavy (non-hydrogen) atoms. The van der Waals surface area contributed by atoms with Gasteiger partial charge in [-0.2, -0.15) is 10.5 Å². The molecule has 0 spiro atoms. The zero-order valence-electron chi connectivity index (χ0n) is 17.0. The molecule has 1 aromatic rings. The molecule has 1 fully saturated rings. The first-order valence-electron chi connectivity index (χ1n) is 9.78. The summed E-state index contributed by atoms with van der Waals surface area (Å²) in [5.41, 5.74) is -1.40. The van der Waals surface area contributed by atoms with Crippen LogP contribution in [-0.4, -0.2) is 21.5 Å². The molecular weight excluding hydrogens is 388 g/mol. The summed E-state index contributed by atoms with van der Waals surface area (Å²) in [6, 6.07) is 4.03. The first-order valence-corrected chi connectivity index (χ1v) is 9.78. The number of H-pyrrole nitrogens is 1. The van der Waals surface area contributed by atoms with Crippen molar-refractivity contribution in [2.24, 2.45) is 22.2 Å². The fourth-order valence-corrected chi connectivity index (χ4v) is 5.44. The van der Waals surface area contributed by atoms with Crippen molar-refractivity contribution in [2.45, 2.75) is 41.0 Å². The lowest BCUT2D eigenvalue weighted by molar-refractivity contribution is -0.130. The van der Waals surface area contributed by atoms with Gasteiger partial charge in [-0.15, -0.1) is 0 Å². The van der Waals surface area contributed by atoms with E-state index in [-0.39, 0.29) is 36.1 Å². The smallest absolute Gasteiger partial charge is 0.196 e. The number of carbonyl (C=O) groups excluding carboxylic acids is 2. The second-order valence-electron chi connectivity index (χ2n) is 8.85. The number of nitrogens with one attached hydrogen (secondary N) is 1. The molecule has 1 N–H and O–H groups in total. The van der Waals surface area contributed by atoms with E-state index >= 15 is 0 Å². The highest BCUT2D eigenvalue weighted by Crippen LogP contribution is 2.63. The number of carbonyl (C=O) groups is 2. The van der Waals surface area contributed by atoms with Crippen LogP contribution in [0, 0.1) is 56.7 Å². The van der Waals surface area contributed by atoms with Crippen LogP contribution in [0.5, 0.6) is 0 Å². The van der Waals surface area contributed by atoms with Crippen molar-refractivity contribution in [3.05, 3.63) is 53.2 Å². The molecule has 3 aliphatic carbocycles. The Balaban J connectivity index is 0.00000272. The van der Waals surface area contributed by atoms with E-state index in [1.165, 1.54) is 6.08 Å². The molecule has 0 amide bonds. The number of aromatic amines is 1. The predicted octanol–water partition coefficient (Wildman–Crippen LogP) is 3.82. The summed E-state index contributed by atoms with van der Waals surface area (Å²) in [4.78, 5) is 32.6. The Morgan fingerprint density at radius 3 is 2.45 bits per heavy atom. The van der Waals surface area contributed by atoms with E-state index in [0.717, 1.165) is 5.57 Å². The third-order valence-corrected chi connectivity index (χ3v) is 6.83. The van der Waals surface area contributed by atoms with Crippen molar-refractivity contribution < 1.29 is 9.59 Å². The zero-order chi connectivity index (χ0) is 21.7. The fraction of sp³-hybridized carbons (Fsp3) is 0.400. The molecule has 6 heteroatoms. The van der Waals surface area contributed by atoms with Gasteiger partial charge in [-0.05, 0) is 42.4 Å². The zero-order valence-corrected chi connectivity index (χ0v) is 17.0. The number of nitriles is 2. The number of Topliss-reactive ketones (excluding diaryl/α,β-unsaturated/α-hetero) is 1. The van der Waals surface area contributed by atoms with Crippen molar-refractivity contribution in [3.8, 4) is 24.0 Å². The van der Waals surface area contributed by atoms with Gasteiger partial charge in [0.15, 0.2) is 17.4 Å². The summed E-state index contributed by atoms with van der Waals surface area (Å²) in [6.07, 6.45) is 9.38. The van der Waals surface area contributed by atoms with Crippen LogP contribution in [0.3, 0.4) is 0 Å². The molecule has 6 nitrogen and oxygen atoms in total. The van der Waals surface area contributed by atoms with Gasteiger partial charge in [-0.3, -0.25) is 9.59 Å². The molecule has 3 aliphatic rings. The van der Waals surface area contributed by atoms with Gasteiger partial charge in [0.05, 0.1) is 16.6 Å². The maximum absolute atomic E-state index is 12.9. The Morgan fingerprint density at radius 1 is 1.13 bits per heavy atom. The molecule has 0 saturated heterocycles. The summed E-state index contributed by atoms with van der Waals surface area (Å²) < 4.78 is 0. The molecule has 4 rings (SSSR count). The van der Waals surface area contributed by atoms with E-state index < -0.39 is 16.2 Å². The molecule has 0 bridgehead atoms. The molecule has 156 valence electrons. The van der Waals surface area contributed by atoms with Gasteiger partial charge < -0.3 is 4.98 Å². The van der Waals surface area contributed by atoms with Gasteiger partial charge in [0.25, 0.3) is 0 Å². The summed E-state index contributed by atoms with van der Waals surface area (Å²) in [7, 11) is 0. The van der Waals surface area contributed by atoms with Gasteiger partial charge in [0, 0.05) is 23.2 Å². The van der Waals surface area contributed by atoms with Crippen molar-refractivity contribution in [2.75, 3.05) is 0 Å². The van der Waals surface area contributed by atoms with Gasteiger partial charge in [0.2, 0.25) is 0 Å². The maximum atomic E-state index is 12.9. The standard InChI is InChI=1S/C24H20N4O2.CH4/c1-22(2)18-4-6-24(7-5-20-27-8-9-28-20)12-15(13-25)17(29)10-19(24)23(18,3)11-16(14-26)21(22)30;/h8-12,18H,4,6H2,1-3H3,(H,27,28);1H4. The van der Waals surface area contributed by atoms with Crippen LogP contribution in [-0.2, 0) is 9.59 Å². The lowest BCUT2D eigenvalue weighted by Crippen LogP contribution is -2.53. The second kappa shape index (κ2) is 7.22. The molecule has 3 atom stereocenters. The first-order chi connectivity index (χ1) is 14.2. The third kappa shape index (κ3) is 3.06. The van der Waals surface area contributed by atoms with Crippen molar-refractivity contribution in [1.29, 1.82) is 10.5 Å². The Morgan fingerprint density at radius 2 is 1.84 bits per heavy atom. The minimum atomic E-state index is -0.843. The summed E-state index contributed by atoms with van der Waals surface area (Å²) in [5.74, 6) is 6.16. The van der Waals surface area contributed by atoms with Crippen LogP contribution in [0.15, 0.2) is 47.3 Å². The van der Waals surface area contributed by atoms with Crippen LogP contribution >= 0.6 is 0 Å². The predicted molar refractivity (Wildman–Crippen MR) is 115 cm³/mol. The topological polar surface area (TPSA) is 110 Å². The van der Waals surface area contributed by atoms with Gasteiger partial charge >= 0.3 is 0 Å². The van der Waals surface area contributed by atoms with Gasteiger partial charge in [-0.1, -0.05) is 40.2 Å². The van der Waals surface area contributed by atoms with E-state index in [9.17, 15) is 20.1 Å². The molecule has 3 unspecified atom stereocenters. The van der Waals surface area contributed by atoms with Crippen LogP contribution in [0.25, 0.3) is 0 Å². The number of imidazole rings is 1. The SMILES string of the molecule is C.CC1(C)C(=O)C(C#N)=CC2(C)C3=CC(=O)C(C#N)=CC3(C#Cc3ncc[nH]3)CCC12. The van der Waals surface area contributed by atoms with E-state index in [0.29, 0.717) is 18.7 Å². The highest BCUT2D eigenvalue weighted by Gasteiger charge is 2.59. The van der Waals surface area contributed by atoms with E-state index in [4.69, 9.17) is 0 Å². The van der Waals surface area contributed by atoms with Crippen molar-refractivity contribution in [1.82, 2.24) is 9.97 Å². The van der Waals surface area contributed by atoms with Gasteiger partial charge in [0.1, 0.15) is 12.1 Å². The van der Waals surface area contributed by atoms with Crippen molar-refractivity contribution in [3.63, 3.8) is 0 Å². The molecule has 0 aromatic carbocycles. The van der Waals surface area contributed by atoms with Crippen LogP contribution in [0.1, 0.15) is 46.9 Å². The fourth-order valence-electron chi connectivity index (χ4n) is 5.44. The van der Waals surface area contributed by atoms with Crippen LogP contribution < -0.4 is 0 Å². The summed E-state index contributed by atoms with van der Waals surface area (Å²) in [5, 5.41) is 19.1. The van der Waals surface area contributed by atoms with E-state index in [2.05, 4.69) is 21.8 Å². The Hall–Kier alpha value is -3.69. The number of nitrogens with zero attached hydrogens (tertiary/aromatic N) is 3. The lowest BCUT2D eigenvalue weighted by Gasteiger charge is -2.56. The maximum Gasteiger partial charge on any atom is 0.196 e. The number of rotatable bonds is 0. The monoisotopic (exact) mass is 412 g/mol. The highest BCUT2D eigenvalue weighted by molar-refractivity contribution is 6.09. The molecule has 1 heterocycles.